The number of nitrogens with zero attached hydrogens (tertiary/aromatic N) is 4. The molecule has 3 aromatic rings. The molecule has 2 N–H and O–H groups in total. The molecule has 4 heterocycles. The van der Waals surface area contributed by atoms with Crippen LogP contribution in [-0.2, 0) is 12.0 Å². The number of aryl methyl sites for hydroxylation is 1. The molecular weight excluding hydrogens is 386 g/mol. The van der Waals surface area contributed by atoms with E-state index in [9.17, 15) is 5.11 Å². The Morgan fingerprint density at radius 3 is 2.84 bits per heavy atom. The number of hydrogen-bond acceptors (Lipinski definition) is 5. The molecule has 2 aliphatic heterocycles. The maximum atomic E-state index is 10.7. The third kappa shape index (κ3) is 4.00. The van der Waals surface area contributed by atoms with Gasteiger partial charge in [0, 0.05) is 54.4 Å². The summed E-state index contributed by atoms with van der Waals surface area (Å²) < 4.78 is 2.20. The number of likely N-dealkylation sites (tertiary alicyclic amines) is 1. The van der Waals surface area contributed by atoms with E-state index in [0.717, 1.165) is 67.6 Å². The standard InChI is InChI=1S/C25H33N5O/c1-24(2,3)16-27-23(31)29-12-10-25(17-29)9-6-11-30-22(25)14-21(28-30)19-13-18-7-4-5-8-20(18)26-15-19/h4-5,7-8,13-15,23,27,31H,6,9-12,16-17H2,1-3H3. The summed E-state index contributed by atoms with van der Waals surface area (Å²) in [6.07, 6.45) is 4.67. The number of nitrogens with one attached hydrogen (secondary N) is 1. The maximum absolute atomic E-state index is 10.7. The van der Waals surface area contributed by atoms with Crippen LogP contribution in [0.4, 0.5) is 0 Å². The lowest BCUT2D eigenvalue weighted by atomic mass is 9.77. The van der Waals surface area contributed by atoms with Gasteiger partial charge in [-0.1, -0.05) is 39.0 Å². The van der Waals surface area contributed by atoms with Crippen LogP contribution in [0.1, 0.15) is 45.7 Å². The number of aliphatic hydroxyl groups is 1. The second kappa shape index (κ2) is 7.69. The maximum Gasteiger partial charge on any atom is 0.163 e. The Morgan fingerprint density at radius 2 is 2.00 bits per heavy atom. The number of hydrogen-bond donors (Lipinski definition) is 2. The molecule has 2 unspecified atom stereocenters. The van der Waals surface area contributed by atoms with E-state index in [1.54, 1.807) is 0 Å². The summed E-state index contributed by atoms with van der Waals surface area (Å²) in [5.41, 5.74) is 4.60. The van der Waals surface area contributed by atoms with Gasteiger partial charge in [-0.05, 0) is 42.9 Å². The second-order valence-electron chi connectivity index (χ2n) is 10.5. The van der Waals surface area contributed by atoms with Gasteiger partial charge in [-0.3, -0.25) is 19.9 Å². The van der Waals surface area contributed by atoms with Gasteiger partial charge in [0.15, 0.2) is 6.35 Å². The summed E-state index contributed by atoms with van der Waals surface area (Å²) in [4.78, 5) is 6.82. The van der Waals surface area contributed by atoms with Gasteiger partial charge >= 0.3 is 0 Å². The zero-order valence-electron chi connectivity index (χ0n) is 18.8. The molecule has 0 radical (unpaired) electrons. The van der Waals surface area contributed by atoms with Crippen LogP contribution in [0.3, 0.4) is 0 Å². The lowest BCUT2D eigenvalue weighted by molar-refractivity contribution is -0.0171. The molecule has 164 valence electrons. The lowest BCUT2D eigenvalue weighted by Gasteiger charge is -2.35. The van der Waals surface area contributed by atoms with Crippen molar-refractivity contribution in [1.29, 1.82) is 0 Å². The molecule has 6 nitrogen and oxygen atoms in total. The smallest absolute Gasteiger partial charge is 0.163 e. The Balaban J connectivity index is 1.40. The van der Waals surface area contributed by atoms with Gasteiger partial charge in [0.05, 0.1) is 11.2 Å². The van der Waals surface area contributed by atoms with Crippen molar-refractivity contribution >= 4 is 10.9 Å². The molecule has 1 fully saturated rings. The molecule has 0 aliphatic carbocycles. The van der Waals surface area contributed by atoms with Crippen molar-refractivity contribution in [2.45, 2.75) is 58.3 Å². The molecule has 0 saturated carbocycles. The number of rotatable bonds is 4. The van der Waals surface area contributed by atoms with E-state index < -0.39 is 6.35 Å². The molecule has 0 amide bonds. The van der Waals surface area contributed by atoms with Crippen molar-refractivity contribution < 1.29 is 5.11 Å². The Hall–Kier alpha value is -2.28. The number of aliphatic hydroxyl groups excluding tert-OH is 1. The van der Waals surface area contributed by atoms with Crippen LogP contribution >= 0.6 is 0 Å². The van der Waals surface area contributed by atoms with Gasteiger partial charge in [-0.2, -0.15) is 5.10 Å². The highest BCUT2D eigenvalue weighted by Gasteiger charge is 2.45. The minimum atomic E-state index is -0.596. The minimum absolute atomic E-state index is 0.0676. The summed E-state index contributed by atoms with van der Waals surface area (Å²) in [6.45, 7) is 10.1. The van der Waals surface area contributed by atoms with Crippen molar-refractivity contribution in [2.24, 2.45) is 5.41 Å². The van der Waals surface area contributed by atoms with Gasteiger partial charge in [-0.25, -0.2) is 0 Å². The lowest BCUT2D eigenvalue weighted by Crippen LogP contribution is -2.48. The monoisotopic (exact) mass is 419 g/mol. The average Bonchev–Trinajstić information content (AvgIpc) is 3.37. The molecule has 0 bridgehead atoms. The Labute approximate surface area is 184 Å². The van der Waals surface area contributed by atoms with Crippen LogP contribution in [0.15, 0.2) is 42.6 Å². The zero-order chi connectivity index (χ0) is 21.6. The minimum Gasteiger partial charge on any atom is -0.365 e. The van der Waals surface area contributed by atoms with E-state index in [-0.39, 0.29) is 10.8 Å². The fourth-order valence-corrected chi connectivity index (χ4v) is 5.11. The van der Waals surface area contributed by atoms with Crippen molar-refractivity contribution in [3.05, 3.63) is 48.3 Å². The van der Waals surface area contributed by atoms with Gasteiger partial charge in [0.2, 0.25) is 0 Å². The third-order valence-electron chi connectivity index (χ3n) is 6.78. The summed E-state index contributed by atoms with van der Waals surface area (Å²) in [7, 11) is 0. The SMILES string of the molecule is CC(C)(C)CNC(O)N1CCC2(CCCn3nc(-c4cnc5ccccc5c4)cc32)C1. The van der Waals surface area contributed by atoms with E-state index in [4.69, 9.17) is 5.10 Å². The van der Waals surface area contributed by atoms with E-state index in [2.05, 4.69) is 58.9 Å². The Bertz CT molecular complexity index is 1080. The number of pyridine rings is 1. The molecule has 1 spiro atoms. The first-order valence-electron chi connectivity index (χ1n) is 11.4. The molecule has 2 atom stereocenters. The average molecular weight is 420 g/mol. The predicted octanol–water partition coefficient (Wildman–Crippen LogP) is 3.75. The van der Waals surface area contributed by atoms with Gasteiger partial charge in [0.1, 0.15) is 0 Å². The number of para-hydroxylation sites is 1. The van der Waals surface area contributed by atoms with Gasteiger partial charge in [0.25, 0.3) is 0 Å². The van der Waals surface area contributed by atoms with Crippen LogP contribution in [0, 0.1) is 5.41 Å². The second-order valence-corrected chi connectivity index (χ2v) is 10.5. The first kappa shape index (κ1) is 20.6. The van der Waals surface area contributed by atoms with Crippen LogP contribution in [0.2, 0.25) is 0 Å². The summed E-state index contributed by atoms with van der Waals surface area (Å²) in [5, 5.41) is 20.2. The molecule has 6 heteroatoms. The Morgan fingerprint density at radius 1 is 1.16 bits per heavy atom. The van der Waals surface area contributed by atoms with Crippen LogP contribution in [0.5, 0.6) is 0 Å². The van der Waals surface area contributed by atoms with Crippen LogP contribution in [0.25, 0.3) is 22.2 Å². The molecule has 1 saturated heterocycles. The van der Waals surface area contributed by atoms with Crippen molar-refractivity contribution in [3.63, 3.8) is 0 Å². The molecule has 31 heavy (non-hydrogen) atoms. The number of aromatic nitrogens is 3. The fourth-order valence-electron chi connectivity index (χ4n) is 5.11. The summed E-state index contributed by atoms with van der Waals surface area (Å²) >= 11 is 0. The molecule has 2 aromatic heterocycles. The molecule has 2 aliphatic rings. The zero-order valence-corrected chi connectivity index (χ0v) is 18.8. The van der Waals surface area contributed by atoms with Gasteiger partial charge < -0.3 is 5.11 Å². The summed E-state index contributed by atoms with van der Waals surface area (Å²) in [5.74, 6) is 0. The molecular formula is C25H33N5O. The molecule has 1 aromatic carbocycles. The highest BCUT2D eigenvalue weighted by molar-refractivity contribution is 5.82. The number of fused-ring (bicyclic) bond motifs is 3. The predicted molar refractivity (Wildman–Crippen MR) is 124 cm³/mol. The van der Waals surface area contributed by atoms with E-state index >= 15 is 0 Å². The van der Waals surface area contributed by atoms with Crippen molar-refractivity contribution in [3.8, 4) is 11.3 Å². The highest BCUT2D eigenvalue weighted by atomic mass is 16.3. The first-order chi connectivity index (χ1) is 14.8. The fraction of sp³-hybridized carbons (Fsp3) is 0.520. The quantitative estimate of drug-likeness (QED) is 0.631. The van der Waals surface area contributed by atoms with E-state index in [1.807, 2.05) is 24.4 Å². The Kier molecular flexibility index (Phi) is 5.12. The number of benzene rings is 1. The normalized spacial score (nSPS) is 22.8. The highest BCUT2D eigenvalue weighted by Crippen LogP contribution is 2.43. The van der Waals surface area contributed by atoms with Crippen molar-refractivity contribution in [2.75, 3.05) is 19.6 Å². The summed E-state index contributed by atoms with van der Waals surface area (Å²) in [6, 6.07) is 12.7. The van der Waals surface area contributed by atoms with Crippen molar-refractivity contribution in [1.82, 2.24) is 25.0 Å². The molecule has 5 rings (SSSR count). The van der Waals surface area contributed by atoms with E-state index in [0.29, 0.717) is 0 Å². The van der Waals surface area contributed by atoms with Crippen LogP contribution in [-0.4, -0.2) is 50.8 Å². The topological polar surface area (TPSA) is 66.2 Å². The third-order valence-corrected chi connectivity index (χ3v) is 6.78. The first-order valence-corrected chi connectivity index (χ1v) is 11.4. The van der Waals surface area contributed by atoms with Gasteiger partial charge in [-0.15, -0.1) is 0 Å². The van der Waals surface area contributed by atoms with E-state index in [1.165, 1.54) is 5.69 Å². The van der Waals surface area contributed by atoms with Crippen LogP contribution < -0.4 is 5.32 Å². The largest absolute Gasteiger partial charge is 0.365 e.